The Bertz CT molecular complexity index is 770. The minimum absolute atomic E-state index is 0.0181. The third-order valence-electron chi connectivity index (χ3n) is 3.15. The van der Waals surface area contributed by atoms with Gasteiger partial charge >= 0.3 is 5.69 Å². The molecule has 2 aromatic heterocycles. The number of aromatic amines is 2. The number of carbonyl (C=O) groups excluding carboxylic acids is 1. The summed E-state index contributed by atoms with van der Waals surface area (Å²) in [4.78, 5) is 43.2. The van der Waals surface area contributed by atoms with Crippen LogP contribution in [0.3, 0.4) is 0 Å². The number of hydrogen-bond acceptors (Lipinski definition) is 5. The number of hydrogen-bond donors (Lipinski definition) is 3. The van der Waals surface area contributed by atoms with E-state index >= 15 is 0 Å². The fraction of sp³-hybridized carbons (Fsp3) is 0.467. The predicted octanol–water partition coefficient (Wildman–Crippen LogP) is 0.719. The van der Waals surface area contributed by atoms with E-state index in [1.54, 1.807) is 11.3 Å². The lowest BCUT2D eigenvalue weighted by atomic mass is 9.93. The summed E-state index contributed by atoms with van der Waals surface area (Å²) in [5.74, 6) is -0.251. The van der Waals surface area contributed by atoms with Gasteiger partial charge in [0.1, 0.15) is 0 Å². The number of rotatable bonds is 5. The van der Waals surface area contributed by atoms with Crippen LogP contribution in [0.15, 0.2) is 21.0 Å². The Kier molecular flexibility index (Phi) is 5.15. The highest BCUT2D eigenvalue weighted by atomic mass is 32.1. The summed E-state index contributed by atoms with van der Waals surface area (Å²) in [5, 5.41) is 5.77. The minimum Gasteiger partial charge on any atom is -0.355 e. The molecule has 0 unspecified atom stereocenters. The van der Waals surface area contributed by atoms with Crippen molar-refractivity contribution in [1.29, 1.82) is 0 Å². The van der Waals surface area contributed by atoms with Crippen molar-refractivity contribution in [3.05, 3.63) is 48.7 Å². The Morgan fingerprint density at radius 1 is 1.30 bits per heavy atom. The van der Waals surface area contributed by atoms with Crippen LogP contribution >= 0.6 is 11.3 Å². The van der Waals surface area contributed by atoms with Gasteiger partial charge in [0, 0.05) is 35.5 Å². The second-order valence-corrected chi connectivity index (χ2v) is 7.21. The van der Waals surface area contributed by atoms with Gasteiger partial charge in [-0.25, -0.2) is 9.78 Å². The number of nitrogens with zero attached hydrogens (tertiary/aromatic N) is 1. The molecule has 0 aliphatic rings. The topological polar surface area (TPSA) is 108 Å². The highest BCUT2D eigenvalue weighted by molar-refractivity contribution is 7.09. The normalized spacial score (nSPS) is 11.4. The Labute approximate surface area is 137 Å². The molecule has 0 saturated carbocycles. The molecule has 23 heavy (non-hydrogen) atoms. The van der Waals surface area contributed by atoms with Gasteiger partial charge in [-0.2, -0.15) is 0 Å². The number of aromatic nitrogens is 3. The van der Waals surface area contributed by atoms with Crippen molar-refractivity contribution in [3.63, 3.8) is 0 Å². The summed E-state index contributed by atoms with van der Waals surface area (Å²) in [6.45, 7) is 6.78. The van der Waals surface area contributed by atoms with E-state index < -0.39 is 11.2 Å². The highest BCUT2D eigenvalue weighted by Crippen LogP contribution is 2.23. The largest absolute Gasteiger partial charge is 0.355 e. The first-order chi connectivity index (χ1) is 10.7. The van der Waals surface area contributed by atoms with E-state index in [4.69, 9.17) is 0 Å². The van der Waals surface area contributed by atoms with E-state index in [-0.39, 0.29) is 17.7 Å². The van der Waals surface area contributed by atoms with Gasteiger partial charge in [-0.15, -0.1) is 11.3 Å². The molecule has 0 aliphatic carbocycles. The SMILES string of the molecule is CC(C)(C)c1csc(CCNC(=O)Cc2cc(=O)[nH]c(=O)[nH]2)n1. The van der Waals surface area contributed by atoms with Crippen LogP contribution in [0.4, 0.5) is 0 Å². The Balaban J connectivity index is 1.84. The summed E-state index contributed by atoms with van der Waals surface area (Å²) < 4.78 is 0. The molecule has 0 saturated heterocycles. The maximum Gasteiger partial charge on any atom is 0.325 e. The summed E-state index contributed by atoms with van der Waals surface area (Å²) in [6, 6.07) is 1.21. The number of H-pyrrole nitrogens is 2. The summed E-state index contributed by atoms with van der Waals surface area (Å²) in [6.07, 6.45) is 0.614. The molecule has 8 heteroatoms. The van der Waals surface area contributed by atoms with E-state index in [1.165, 1.54) is 6.07 Å². The average Bonchev–Trinajstić information content (AvgIpc) is 2.86. The van der Waals surface area contributed by atoms with Crippen LogP contribution in [0, 0.1) is 0 Å². The zero-order chi connectivity index (χ0) is 17.0. The minimum atomic E-state index is -0.613. The smallest absolute Gasteiger partial charge is 0.325 e. The zero-order valence-electron chi connectivity index (χ0n) is 13.4. The highest BCUT2D eigenvalue weighted by Gasteiger charge is 2.17. The summed E-state index contributed by atoms with van der Waals surface area (Å²) in [5.41, 5.74) is 0.224. The van der Waals surface area contributed by atoms with Gasteiger partial charge in [0.05, 0.1) is 17.1 Å². The third kappa shape index (κ3) is 5.17. The van der Waals surface area contributed by atoms with E-state index in [0.717, 1.165) is 10.7 Å². The lowest BCUT2D eigenvalue weighted by Gasteiger charge is -2.14. The quantitative estimate of drug-likeness (QED) is 0.747. The molecule has 0 atom stereocenters. The molecule has 1 amide bonds. The molecule has 0 bridgehead atoms. The van der Waals surface area contributed by atoms with Crippen LogP contribution in [-0.4, -0.2) is 27.4 Å². The molecule has 0 spiro atoms. The number of thiazole rings is 1. The maximum absolute atomic E-state index is 11.8. The summed E-state index contributed by atoms with van der Waals surface area (Å²) >= 11 is 1.58. The van der Waals surface area contributed by atoms with Crippen molar-refractivity contribution in [3.8, 4) is 0 Å². The fourth-order valence-corrected chi connectivity index (χ4v) is 2.95. The molecule has 0 radical (unpaired) electrons. The maximum atomic E-state index is 11.8. The van der Waals surface area contributed by atoms with E-state index in [9.17, 15) is 14.4 Å². The molecule has 0 aliphatic heterocycles. The van der Waals surface area contributed by atoms with Gasteiger partial charge in [0.15, 0.2) is 0 Å². The molecule has 2 rings (SSSR count). The van der Waals surface area contributed by atoms with Crippen LogP contribution in [0.2, 0.25) is 0 Å². The molecule has 3 N–H and O–H groups in total. The van der Waals surface area contributed by atoms with Gasteiger partial charge < -0.3 is 10.3 Å². The predicted molar refractivity (Wildman–Crippen MR) is 88.9 cm³/mol. The third-order valence-corrected chi connectivity index (χ3v) is 4.06. The van der Waals surface area contributed by atoms with Crippen LogP contribution < -0.4 is 16.6 Å². The molecule has 2 heterocycles. The van der Waals surface area contributed by atoms with Crippen LogP contribution in [0.5, 0.6) is 0 Å². The molecule has 124 valence electrons. The molecular weight excluding hydrogens is 316 g/mol. The Hall–Kier alpha value is -2.22. The van der Waals surface area contributed by atoms with Crippen LogP contribution in [-0.2, 0) is 23.1 Å². The van der Waals surface area contributed by atoms with Crippen molar-refractivity contribution in [2.75, 3.05) is 6.54 Å². The van der Waals surface area contributed by atoms with Gasteiger partial charge in [-0.05, 0) is 0 Å². The standard InChI is InChI=1S/C15H20N4O3S/c1-15(2,3)10-8-23-13(18-10)4-5-16-11(20)6-9-7-12(21)19-14(22)17-9/h7-8H,4-6H2,1-3H3,(H,16,20)(H2,17,19,21,22). The van der Waals surface area contributed by atoms with E-state index in [1.807, 2.05) is 5.38 Å². The first-order valence-corrected chi connectivity index (χ1v) is 8.16. The Morgan fingerprint density at radius 2 is 2.04 bits per heavy atom. The van der Waals surface area contributed by atoms with Gasteiger partial charge in [0.2, 0.25) is 5.91 Å². The summed E-state index contributed by atoms with van der Waals surface area (Å²) in [7, 11) is 0. The fourth-order valence-electron chi connectivity index (χ4n) is 1.93. The Morgan fingerprint density at radius 3 is 2.65 bits per heavy atom. The van der Waals surface area contributed by atoms with Gasteiger partial charge in [-0.1, -0.05) is 20.8 Å². The molecule has 0 aromatic carbocycles. The van der Waals surface area contributed by atoms with Crippen molar-refractivity contribution >= 4 is 17.2 Å². The van der Waals surface area contributed by atoms with Crippen molar-refractivity contribution in [1.82, 2.24) is 20.3 Å². The number of nitrogens with one attached hydrogen (secondary N) is 3. The van der Waals surface area contributed by atoms with Gasteiger partial charge in [-0.3, -0.25) is 14.6 Å². The zero-order valence-corrected chi connectivity index (χ0v) is 14.2. The van der Waals surface area contributed by atoms with Crippen molar-refractivity contribution < 1.29 is 4.79 Å². The lowest BCUT2D eigenvalue weighted by molar-refractivity contribution is -0.120. The van der Waals surface area contributed by atoms with Crippen molar-refractivity contribution in [2.45, 2.75) is 39.0 Å². The van der Waals surface area contributed by atoms with Crippen LogP contribution in [0.25, 0.3) is 0 Å². The first-order valence-electron chi connectivity index (χ1n) is 7.28. The molecular formula is C15H20N4O3S. The van der Waals surface area contributed by atoms with Crippen LogP contribution in [0.1, 0.15) is 37.2 Å². The first kappa shape index (κ1) is 17.1. The van der Waals surface area contributed by atoms with E-state index in [0.29, 0.717) is 18.7 Å². The second kappa shape index (κ2) is 6.91. The number of carbonyl (C=O) groups is 1. The lowest BCUT2D eigenvalue weighted by Crippen LogP contribution is -2.30. The molecule has 0 fully saturated rings. The average molecular weight is 336 g/mol. The molecule has 7 nitrogen and oxygen atoms in total. The molecule has 2 aromatic rings. The van der Waals surface area contributed by atoms with E-state index in [2.05, 4.69) is 41.0 Å². The second-order valence-electron chi connectivity index (χ2n) is 6.27. The number of amides is 1. The monoisotopic (exact) mass is 336 g/mol. The van der Waals surface area contributed by atoms with Crippen molar-refractivity contribution in [2.24, 2.45) is 0 Å². The van der Waals surface area contributed by atoms with Gasteiger partial charge in [0.25, 0.3) is 5.56 Å².